The number of rotatable bonds is 7. The Balaban J connectivity index is 2.27. The van der Waals surface area contributed by atoms with E-state index >= 15 is 0 Å². The first-order valence-electron chi connectivity index (χ1n) is 10.2. The fourth-order valence-electron chi connectivity index (χ4n) is 3.54. The van der Waals surface area contributed by atoms with E-state index in [9.17, 15) is 14.4 Å². The van der Waals surface area contributed by atoms with Crippen LogP contribution in [0.5, 0.6) is 0 Å². The molecule has 2 rings (SSSR count). The Morgan fingerprint density at radius 2 is 1.90 bits per heavy atom. The second kappa shape index (κ2) is 9.76. The van der Waals surface area contributed by atoms with Crippen LogP contribution in [-0.2, 0) is 20.7 Å². The van der Waals surface area contributed by atoms with Gasteiger partial charge in [0.25, 0.3) is 0 Å². The Kier molecular flexibility index (Phi) is 7.65. The minimum absolute atomic E-state index is 0.123. The molecule has 1 aromatic carbocycles. The van der Waals surface area contributed by atoms with Crippen LogP contribution in [0.25, 0.3) is 0 Å². The van der Waals surface area contributed by atoms with Crippen molar-refractivity contribution in [3.8, 4) is 0 Å². The molecule has 0 radical (unpaired) electrons. The van der Waals surface area contributed by atoms with E-state index < -0.39 is 23.6 Å². The highest BCUT2D eigenvalue weighted by molar-refractivity contribution is 5.89. The SMILES string of the molecule is CCCC[C@@H](C(N)=O)N1C[C@H](Cc2ccccc2)N(C(=O)OC(C)(C)C)CC1=O. The second-order valence-electron chi connectivity index (χ2n) is 8.56. The first-order valence-corrected chi connectivity index (χ1v) is 10.2. The molecule has 1 fully saturated rings. The van der Waals surface area contributed by atoms with Crippen molar-refractivity contribution in [2.24, 2.45) is 5.73 Å². The van der Waals surface area contributed by atoms with E-state index in [4.69, 9.17) is 10.5 Å². The summed E-state index contributed by atoms with van der Waals surface area (Å²) < 4.78 is 5.53. The molecule has 7 heteroatoms. The molecule has 2 atom stereocenters. The number of carbonyl (C=O) groups is 3. The van der Waals surface area contributed by atoms with Crippen LogP contribution >= 0.6 is 0 Å². The van der Waals surface area contributed by atoms with Crippen LogP contribution in [0.4, 0.5) is 4.79 Å². The van der Waals surface area contributed by atoms with E-state index in [0.29, 0.717) is 12.8 Å². The molecule has 29 heavy (non-hydrogen) atoms. The highest BCUT2D eigenvalue weighted by Crippen LogP contribution is 2.22. The zero-order chi connectivity index (χ0) is 21.6. The lowest BCUT2D eigenvalue weighted by molar-refractivity contribution is -0.146. The lowest BCUT2D eigenvalue weighted by atomic mass is 9.99. The first kappa shape index (κ1) is 22.7. The lowest BCUT2D eigenvalue weighted by Gasteiger charge is -2.43. The van der Waals surface area contributed by atoms with E-state index in [-0.39, 0.29) is 25.0 Å². The molecule has 0 unspecified atom stereocenters. The van der Waals surface area contributed by atoms with Gasteiger partial charge in [-0.15, -0.1) is 0 Å². The predicted octanol–water partition coefficient (Wildman–Crippen LogP) is 2.72. The molecule has 1 aromatic rings. The van der Waals surface area contributed by atoms with Gasteiger partial charge in [-0.05, 0) is 39.2 Å². The number of hydrogen-bond acceptors (Lipinski definition) is 4. The molecule has 0 aromatic heterocycles. The molecule has 3 amide bonds. The number of primary amides is 1. The third-order valence-corrected chi connectivity index (χ3v) is 4.95. The van der Waals surface area contributed by atoms with Gasteiger partial charge in [-0.2, -0.15) is 0 Å². The quantitative estimate of drug-likeness (QED) is 0.757. The van der Waals surface area contributed by atoms with Crippen LogP contribution in [0.2, 0.25) is 0 Å². The third kappa shape index (κ3) is 6.48. The van der Waals surface area contributed by atoms with E-state index in [0.717, 1.165) is 18.4 Å². The fourth-order valence-corrected chi connectivity index (χ4v) is 3.54. The topological polar surface area (TPSA) is 92.9 Å². The van der Waals surface area contributed by atoms with Gasteiger partial charge in [-0.3, -0.25) is 14.5 Å². The Morgan fingerprint density at radius 3 is 2.45 bits per heavy atom. The highest BCUT2D eigenvalue weighted by Gasteiger charge is 2.40. The van der Waals surface area contributed by atoms with E-state index in [1.807, 2.05) is 37.3 Å². The van der Waals surface area contributed by atoms with Gasteiger partial charge in [0, 0.05) is 6.54 Å². The number of hydrogen-bond donors (Lipinski definition) is 1. The number of nitrogens with zero attached hydrogens (tertiary/aromatic N) is 2. The van der Waals surface area contributed by atoms with E-state index in [2.05, 4.69) is 0 Å². The summed E-state index contributed by atoms with van der Waals surface area (Å²) in [5.74, 6) is -0.781. The average molecular weight is 404 g/mol. The second-order valence-corrected chi connectivity index (χ2v) is 8.56. The minimum Gasteiger partial charge on any atom is -0.444 e. The molecular formula is C22H33N3O4. The van der Waals surface area contributed by atoms with Crippen molar-refractivity contribution in [3.05, 3.63) is 35.9 Å². The van der Waals surface area contributed by atoms with Gasteiger partial charge in [-0.25, -0.2) is 4.79 Å². The molecule has 0 aliphatic carbocycles. The number of piperazine rings is 1. The van der Waals surface area contributed by atoms with Crippen molar-refractivity contribution in [2.75, 3.05) is 13.1 Å². The molecule has 0 saturated carbocycles. The summed E-state index contributed by atoms with van der Waals surface area (Å²) in [7, 11) is 0. The zero-order valence-corrected chi connectivity index (χ0v) is 17.9. The summed E-state index contributed by atoms with van der Waals surface area (Å²) in [5.41, 5.74) is 5.99. The normalized spacial score (nSPS) is 18.5. The molecule has 1 saturated heterocycles. The molecule has 0 bridgehead atoms. The van der Waals surface area contributed by atoms with Gasteiger partial charge in [0.2, 0.25) is 11.8 Å². The van der Waals surface area contributed by atoms with Crippen LogP contribution in [0.3, 0.4) is 0 Å². The summed E-state index contributed by atoms with van der Waals surface area (Å²) in [6.45, 7) is 7.54. The summed E-state index contributed by atoms with van der Waals surface area (Å²) in [6.07, 6.45) is 2.28. The third-order valence-electron chi connectivity index (χ3n) is 4.95. The lowest BCUT2D eigenvalue weighted by Crippen LogP contribution is -2.63. The van der Waals surface area contributed by atoms with Crippen LogP contribution < -0.4 is 5.73 Å². The highest BCUT2D eigenvalue weighted by atomic mass is 16.6. The van der Waals surface area contributed by atoms with Gasteiger partial charge < -0.3 is 15.4 Å². The number of nitrogens with two attached hydrogens (primary N) is 1. The fraction of sp³-hybridized carbons (Fsp3) is 0.591. The molecule has 1 aliphatic heterocycles. The first-order chi connectivity index (χ1) is 13.6. The van der Waals surface area contributed by atoms with Gasteiger partial charge in [0.05, 0.1) is 6.04 Å². The molecule has 2 N–H and O–H groups in total. The number of unbranched alkanes of at least 4 members (excludes halogenated alkanes) is 1. The van der Waals surface area contributed by atoms with Crippen LogP contribution in [0.1, 0.15) is 52.5 Å². The number of carbonyl (C=O) groups excluding carboxylic acids is 3. The summed E-state index contributed by atoms with van der Waals surface area (Å²) in [6, 6.07) is 8.82. The number of benzene rings is 1. The summed E-state index contributed by atoms with van der Waals surface area (Å²) in [5, 5.41) is 0. The Labute approximate surface area is 173 Å². The Morgan fingerprint density at radius 1 is 1.24 bits per heavy atom. The molecule has 0 spiro atoms. The van der Waals surface area contributed by atoms with E-state index in [1.165, 1.54) is 4.90 Å². The van der Waals surface area contributed by atoms with Crippen molar-refractivity contribution >= 4 is 17.9 Å². The van der Waals surface area contributed by atoms with Crippen LogP contribution in [0, 0.1) is 0 Å². The smallest absolute Gasteiger partial charge is 0.411 e. The maximum atomic E-state index is 12.9. The van der Waals surface area contributed by atoms with Crippen molar-refractivity contribution in [3.63, 3.8) is 0 Å². The van der Waals surface area contributed by atoms with Crippen molar-refractivity contribution in [1.82, 2.24) is 9.80 Å². The van der Waals surface area contributed by atoms with E-state index in [1.54, 1.807) is 25.7 Å². The van der Waals surface area contributed by atoms with Crippen molar-refractivity contribution < 1.29 is 19.1 Å². The zero-order valence-electron chi connectivity index (χ0n) is 17.9. The molecule has 1 heterocycles. The van der Waals surface area contributed by atoms with Crippen LogP contribution in [0.15, 0.2) is 30.3 Å². The predicted molar refractivity (Wildman–Crippen MR) is 111 cm³/mol. The Bertz CT molecular complexity index is 715. The van der Waals surface area contributed by atoms with Crippen molar-refractivity contribution in [2.45, 2.75) is 71.1 Å². The molecule has 7 nitrogen and oxygen atoms in total. The van der Waals surface area contributed by atoms with Gasteiger partial charge >= 0.3 is 6.09 Å². The summed E-state index contributed by atoms with van der Waals surface area (Å²) >= 11 is 0. The van der Waals surface area contributed by atoms with Gasteiger partial charge in [-0.1, -0.05) is 50.1 Å². The largest absolute Gasteiger partial charge is 0.444 e. The standard InChI is InChI=1S/C22H33N3O4/c1-5-6-12-18(20(23)27)25-14-17(13-16-10-8-7-9-11-16)24(15-19(25)26)21(28)29-22(2,3)4/h7-11,17-18H,5-6,12-15H2,1-4H3,(H2,23,27)/t17-,18-/m0/s1. The van der Waals surface area contributed by atoms with Crippen LogP contribution in [-0.4, -0.2) is 58.5 Å². The number of amides is 3. The van der Waals surface area contributed by atoms with Gasteiger partial charge in [0.15, 0.2) is 0 Å². The molecule has 160 valence electrons. The average Bonchev–Trinajstić information content (AvgIpc) is 2.63. The minimum atomic E-state index is -0.661. The molecular weight excluding hydrogens is 370 g/mol. The van der Waals surface area contributed by atoms with Crippen molar-refractivity contribution in [1.29, 1.82) is 0 Å². The summed E-state index contributed by atoms with van der Waals surface area (Å²) in [4.78, 5) is 40.7. The Hall–Kier alpha value is -2.57. The number of ether oxygens (including phenoxy) is 1. The maximum absolute atomic E-state index is 12.9. The molecule has 1 aliphatic rings. The van der Waals surface area contributed by atoms with Gasteiger partial charge in [0.1, 0.15) is 18.2 Å². The monoisotopic (exact) mass is 403 g/mol. The maximum Gasteiger partial charge on any atom is 0.411 e.